The summed E-state index contributed by atoms with van der Waals surface area (Å²) in [7, 11) is -7.47. The summed E-state index contributed by atoms with van der Waals surface area (Å²) < 4.78 is 47.1. The molecule has 0 bridgehead atoms. The largest absolute Gasteiger partial charge is 0.505 e. The van der Waals surface area contributed by atoms with Crippen LogP contribution in [0.1, 0.15) is 10.4 Å². The fourth-order valence-corrected chi connectivity index (χ4v) is 3.97. The van der Waals surface area contributed by atoms with Gasteiger partial charge in [-0.2, -0.15) is 0 Å². The average molecular weight is 323 g/mol. The second-order valence-electron chi connectivity index (χ2n) is 4.06. The standard InChI is InChI=1S/C10H13NO7S2/c1-19(15,16)5-6-20(17,18)11-8-4-2-3-7(9(8)12)10(13)14/h2-4,11-12H,5-6H2,1H3,(H,13,14). The maximum absolute atomic E-state index is 11.6. The second kappa shape index (κ2) is 5.67. The Balaban J connectivity index is 2.99. The number of anilines is 1. The first-order valence-corrected chi connectivity index (χ1v) is 8.96. The van der Waals surface area contributed by atoms with Crippen molar-refractivity contribution in [2.24, 2.45) is 0 Å². The summed E-state index contributed by atoms with van der Waals surface area (Å²) in [6.07, 6.45) is 0.894. The Bertz CT molecular complexity index is 722. The van der Waals surface area contributed by atoms with E-state index in [1.54, 1.807) is 0 Å². The molecule has 0 radical (unpaired) electrons. The highest BCUT2D eigenvalue weighted by atomic mass is 32.2. The van der Waals surface area contributed by atoms with E-state index in [4.69, 9.17) is 5.11 Å². The molecule has 0 aromatic heterocycles. The Morgan fingerprint density at radius 2 is 1.80 bits per heavy atom. The quantitative estimate of drug-likeness (QED) is 0.620. The van der Waals surface area contributed by atoms with Gasteiger partial charge < -0.3 is 10.2 Å². The van der Waals surface area contributed by atoms with E-state index in [0.717, 1.165) is 12.3 Å². The third kappa shape index (κ3) is 4.70. The van der Waals surface area contributed by atoms with Gasteiger partial charge in [0.05, 0.1) is 17.2 Å². The van der Waals surface area contributed by atoms with Crippen LogP contribution in [0.5, 0.6) is 5.75 Å². The van der Waals surface area contributed by atoms with E-state index in [1.165, 1.54) is 12.1 Å². The van der Waals surface area contributed by atoms with Crippen LogP contribution in [0.25, 0.3) is 0 Å². The van der Waals surface area contributed by atoms with Crippen molar-refractivity contribution in [3.63, 3.8) is 0 Å². The first kappa shape index (κ1) is 16.2. The summed E-state index contributed by atoms with van der Waals surface area (Å²) in [5, 5.41) is 18.4. The number of carboxylic acids is 1. The van der Waals surface area contributed by atoms with Crippen LogP contribution in [0.3, 0.4) is 0 Å². The van der Waals surface area contributed by atoms with Gasteiger partial charge in [0.2, 0.25) is 10.0 Å². The van der Waals surface area contributed by atoms with Gasteiger partial charge in [-0.3, -0.25) is 4.72 Å². The number of sulfone groups is 1. The molecule has 112 valence electrons. The fraction of sp³-hybridized carbons (Fsp3) is 0.300. The summed E-state index contributed by atoms with van der Waals surface area (Å²) in [4.78, 5) is 10.8. The Labute approximate surface area is 116 Å². The Kier molecular flexibility index (Phi) is 4.61. The van der Waals surface area contributed by atoms with Crippen molar-refractivity contribution in [1.29, 1.82) is 0 Å². The van der Waals surface area contributed by atoms with Crippen LogP contribution in [-0.2, 0) is 19.9 Å². The molecule has 3 N–H and O–H groups in total. The monoisotopic (exact) mass is 323 g/mol. The summed E-state index contributed by atoms with van der Waals surface area (Å²) in [5.74, 6) is -3.42. The Morgan fingerprint density at radius 1 is 1.20 bits per heavy atom. The smallest absolute Gasteiger partial charge is 0.339 e. The van der Waals surface area contributed by atoms with Crippen molar-refractivity contribution in [3.05, 3.63) is 23.8 Å². The molecule has 0 heterocycles. The lowest BCUT2D eigenvalue weighted by Gasteiger charge is -2.10. The first-order valence-electron chi connectivity index (χ1n) is 5.25. The number of para-hydroxylation sites is 1. The number of benzene rings is 1. The van der Waals surface area contributed by atoms with Gasteiger partial charge in [0, 0.05) is 6.26 Å². The van der Waals surface area contributed by atoms with Gasteiger partial charge in [-0.25, -0.2) is 21.6 Å². The summed E-state index contributed by atoms with van der Waals surface area (Å²) in [5.41, 5.74) is -0.785. The molecule has 0 spiro atoms. The molecule has 8 nitrogen and oxygen atoms in total. The number of aromatic hydroxyl groups is 1. The molecular formula is C10H13NO7S2. The maximum atomic E-state index is 11.6. The van der Waals surface area contributed by atoms with E-state index in [9.17, 15) is 26.7 Å². The van der Waals surface area contributed by atoms with Crippen LogP contribution in [0.15, 0.2) is 18.2 Å². The predicted molar refractivity (Wildman–Crippen MR) is 72.2 cm³/mol. The lowest BCUT2D eigenvalue weighted by atomic mass is 10.2. The van der Waals surface area contributed by atoms with Gasteiger partial charge in [0.1, 0.15) is 15.4 Å². The highest BCUT2D eigenvalue weighted by molar-refractivity contribution is 7.95. The van der Waals surface area contributed by atoms with Gasteiger partial charge in [0.25, 0.3) is 0 Å². The van der Waals surface area contributed by atoms with Gasteiger partial charge in [0.15, 0.2) is 5.75 Å². The molecule has 1 aromatic rings. The van der Waals surface area contributed by atoms with Gasteiger partial charge in [-0.15, -0.1) is 0 Å². The molecular weight excluding hydrogens is 310 g/mol. The van der Waals surface area contributed by atoms with E-state index < -0.39 is 48.6 Å². The minimum Gasteiger partial charge on any atom is -0.505 e. The summed E-state index contributed by atoms with van der Waals surface area (Å²) >= 11 is 0. The van der Waals surface area contributed by atoms with Crippen LogP contribution in [0, 0.1) is 0 Å². The number of carbonyl (C=O) groups is 1. The van der Waals surface area contributed by atoms with E-state index in [2.05, 4.69) is 0 Å². The van der Waals surface area contributed by atoms with Gasteiger partial charge in [-0.05, 0) is 12.1 Å². The zero-order chi connectivity index (χ0) is 15.6. The number of sulfonamides is 1. The number of aromatic carboxylic acids is 1. The molecule has 0 saturated heterocycles. The van der Waals surface area contributed by atoms with Crippen LogP contribution in [0.2, 0.25) is 0 Å². The van der Waals surface area contributed by atoms with Crippen LogP contribution >= 0.6 is 0 Å². The highest BCUT2D eigenvalue weighted by Crippen LogP contribution is 2.28. The molecule has 0 aliphatic carbocycles. The molecule has 0 atom stereocenters. The molecule has 0 fully saturated rings. The van der Waals surface area contributed by atoms with Gasteiger partial charge >= 0.3 is 5.97 Å². The topological polar surface area (TPSA) is 138 Å². The van der Waals surface area contributed by atoms with Crippen LogP contribution in [-0.4, -0.2) is 50.8 Å². The number of carboxylic acid groups (broad SMARTS) is 1. The Morgan fingerprint density at radius 3 is 2.30 bits per heavy atom. The number of hydrogen-bond acceptors (Lipinski definition) is 6. The van der Waals surface area contributed by atoms with E-state index in [0.29, 0.717) is 0 Å². The summed E-state index contributed by atoms with van der Waals surface area (Å²) in [6, 6.07) is 3.52. The lowest BCUT2D eigenvalue weighted by molar-refractivity contribution is 0.0694. The Hall–Kier alpha value is -1.81. The van der Waals surface area contributed by atoms with Crippen molar-refractivity contribution in [2.75, 3.05) is 22.5 Å². The van der Waals surface area contributed by atoms with E-state index in [1.807, 2.05) is 4.72 Å². The van der Waals surface area contributed by atoms with Crippen molar-refractivity contribution in [2.45, 2.75) is 0 Å². The zero-order valence-electron chi connectivity index (χ0n) is 10.4. The fourth-order valence-electron chi connectivity index (χ4n) is 1.28. The number of nitrogens with one attached hydrogen (secondary N) is 1. The molecule has 0 aliphatic rings. The third-order valence-corrected chi connectivity index (χ3v) is 4.73. The van der Waals surface area contributed by atoms with E-state index >= 15 is 0 Å². The molecule has 0 saturated carbocycles. The first-order chi connectivity index (χ1) is 9.02. The molecule has 0 aliphatic heterocycles. The SMILES string of the molecule is CS(=O)(=O)CCS(=O)(=O)Nc1cccc(C(=O)O)c1O. The molecule has 20 heavy (non-hydrogen) atoms. The van der Waals surface area contributed by atoms with Crippen molar-refractivity contribution >= 4 is 31.5 Å². The average Bonchev–Trinajstić information content (AvgIpc) is 2.28. The van der Waals surface area contributed by atoms with E-state index in [-0.39, 0.29) is 5.69 Å². The minimum absolute atomic E-state index is 0.321. The molecule has 1 aromatic carbocycles. The number of rotatable bonds is 6. The number of hydrogen-bond donors (Lipinski definition) is 3. The van der Waals surface area contributed by atoms with Crippen molar-refractivity contribution in [3.8, 4) is 5.75 Å². The van der Waals surface area contributed by atoms with Crippen molar-refractivity contribution in [1.82, 2.24) is 0 Å². The predicted octanol–water partition coefficient (Wildman–Crippen LogP) is -0.123. The van der Waals surface area contributed by atoms with Crippen LogP contribution in [0.4, 0.5) is 5.69 Å². The van der Waals surface area contributed by atoms with Crippen molar-refractivity contribution < 1.29 is 31.8 Å². The molecule has 0 amide bonds. The lowest BCUT2D eigenvalue weighted by Crippen LogP contribution is -2.22. The van der Waals surface area contributed by atoms with Crippen LogP contribution < -0.4 is 4.72 Å². The highest BCUT2D eigenvalue weighted by Gasteiger charge is 2.19. The molecule has 10 heteroatoms. The minimum atomic E-state index is -4.01. The maximum Gasteiger partial charge on any atom is 0.339 e. The molecule has 1 rings (SSSR count). The summed E-state index contributed by atoms with van der Waals surface area (Å²) in [6.45, 7) is 0. The third-order valence-electron chi connectivity index (χ3n) is 2.25. The van der Waals surface area contributed by atoms with Gasteiger partial charge in [-0.1, -0.05) is 6.07 Å². The normalized spacial score (nSPS) is 12.1. The second-order valence-corrected chi connectivity index (χ2v) is 8.16. The number of phenols is 1. The zero-order valence-corrected chi connectivity index (χ0v) is 12.0. The molecule has 0 unspecified atom stereocenters.